The molecule has 0 radical (unpaired) electrons. The quantitative estimate of drug-likeness (QED) is 0.0633. The van der Waals surface area contributed by atoms with Gasteiger partial charge in [-0.25, -0.2) is 4.79 Å². The Balaban J connectivity index is 1.40. The van der Waals surface area contributed by atoms with Crippen LogP contribution < -0.4 is 0 Å². The summed E-state index contributed by atoms with van der Waals surface area (Å²) in [6.45, 7) is 8.85. The Kier molecular flexibility index (Phi) is 10.8. The van der Waals surface area contributed by atoms with Gasteiger partial charge in [0.25, 0.3) is 5.69 Å². The van der Waals surface area contributed by atoms with Gasteiger partial charge in [-0.05, 0) is 49.0 Å². The minimum Gasteiger partial charge on any atom is -0.458 e. The van der Waals surface area contributed by atoms with Gasteiger partial charge >= 0.3 is 11.9 Å². The van der Waals surface area contributed by atoms with Crippen molar-refractivity contribution in [1.82, 2.24) is 0 Å². The number of nitrogens with zero attached hydrogens (tertiary/aromatic N) is 1. The summed E-state index contributed by atoms with van der Waals surface area (Å²) >= 11 is 0. The van der Waals surface area contributed by atoms with Crippen LogP contribution in [0.5, 0.6) is 0 Å². The van der Waals surface area contributed by atoms with Crippen LogP contribution in [-0.4, -0.2) is 68.0 Å². The molecular formula is C39H53NO10. The van der Waals surface area contributed by atoms with E-state index in [1.54, 1.807) is 19.9 Å². The standard InChI is InChI=1S/C39H53NO10/c1-6-7-8-9-10-11-12-13-14-15-30(42)50-38-22-25(3)37-21-24(2)34(49-35(45)26-16-18-28(19-17-26)40(47)48)39(37,46)32(43)27(23-41)20-29(33(37)44)31(38)36(38,4)5/h16-21,25,29,31-32,34,41,43,46H,6-15,22-23H2,1-5H3/t25-,29+,31-,32-,34+,37+,38+,39+/m1/s1. The minimum atomic E-state index is -2.41. The number of ketones is 1. The summed E-state index contributed by atoms with van der Waals surface area (Å²) in [5.74, 6) is -3.70. The third-order valence-electron chi connectivity index (χ3n) is 12.3. The van der Waals surface area contributed by atoms with Gasteiger partial charge in [-0.1, -0.05) is 91.2 Å². The molecule has 8 atom stereocenters. The van der Waals surface area contributed by atoms with Crippen molar-refractivity contribution in [2.45, 2.75) is 129 Å². The number of hydrogen-bond donors (Lipinski definition) is 3. The Morgan fingerprint density at radius 2 is 1.62 bits per heavy atom. The lowest BCUT2D eigenvalue weighted by atomic mass is 9.59. The predicted molar refractivity (Wildman–Crippen MR) is 185 cm³/mol. The molecule has 274 valence electrons. The van der Waals surface area contributed by atoms with Gasteiger partial charge in [0.1, 0.15) is 11.7 Å². The van der Waals surface area contributed by atoms with Gasteiger partial charge < -0.3 is 24.8 Å². The first kappa shape index (κ1) is 37.8. The summed E-state index contributed by atoms with van der Waals surface area (Å²) in [5, 5.41) is 46.2. The van der Waals surface area contributed by atoms with E-state index >= 15 is 0 Å². The van der Waals surface area contributed by atoms with Crippen LogP contribution in [0.3, 0.4) is 0 Å². The lowest BCUT2D eigenvalue weighted by Gasteiger charge is -2.49. The van der Waals surface area contributed by atoms with Crippen LogP contribution in [-0.2, 0) is 19.1 Å². The van der Waals surface area contributed by atoms with E-state index in [1.165, 1.54) is 50.3 Å². The molecule has 2 bridgehead atoms. The van der Waals surface area contributed by atoms with Crippen molar-refractivity contribution in [3.8, 4) is 0 Å². The highest BCUT2D eigenvalue weighted by molar-refractivity contribution is 5.96. The summed E-state index contributed by atoms with van der Waals surface area (Å²) in [7, 11) is 0. The van der Waals surface area contributed by atoms with Crippen LogP contribution in [0.2, 0.25) is 0 Å². The molecule has 4 aliphatic rings. The molecular weight excluding hydrogens is 642 g/mol. The largest absolute Gasteiger partial charge is 0.458 e. The highest BCUT2D eigenvalue weighted by Gasteiger charge is 2.83. The summed E-state index contributed by atoms with van der Waals surface area (Å²) in [6.07, 6.45) is 10.4. The third-order valence-corrected chi connectivity index (χ3v) is 12.3. The van der Waals surface area contributed by atoms with E-state index in [9.17, 15) is 39.8 Å². The fourth-order valence-corrected chi connectivity index (χ4v) is 9.62. The number of unbranched alkanes of at least 4 members (excludes halogenated alkanes) is 8. The number of carbonyl (C=O) groups is 3. The molecule has 11 heteroatoms. The van der Waals surface area contributed by atoms with E-state index in [1.807, 2.05) is 13.8 Å². The molecule has 2 fully saturated rings. The monoisotopic (exact) mass is 695 g/mol. The molecule has 0 aromatic heterocycles. The molecule has 50 heavy (non-hydrogen) atoms. The van der Waals surface area contributed by atoms with Crippen molar-refractivity contribution in [2.24, 2.45) is 28.6 Å². The molecule has 3 N–H and O–H groups in total. The fraction of sp³-hybridized carbons (Fsp3) is 0.667. The second kappa shape index (κ2) is 14.3. The number of Topliss-reactive ketones (excluding diaryl/α,β-unsaturated/α-hetero) is 1. The number of fused-ring (bicyclic) bond motifs is 3. The Morgan fingerprint density at radius 1 is 1.02 bits per heavy atom. The van der Waals surface area contributed by atoms with Crippen LogP contribution in [0, 0.1) is 38.7 Å². The zero-order valence-corrected chi connectivity index (χ0v) is 30.0. The lowest BCUT2D eigenvalue weighted by Crippen LogP contribution is -2.66. The van der Waals surface area contributed by atoms with E-state index in [0.717, 1.165) is 31.4 Å². The molecule has 2 saturated carbocycles. The third kappa shape index (κ3) is 6.02. The Morgan fingerprint density at radius 3 is 2.20 bits per heavy atom. The Hall–Kier alpha value is -3.41. The van der Waals surface area contributed by atoms with Gasteiger partial charge in [-0.15, -0.1) is 0 Å². The molecule has 0 heterocycles. The van der Waals surface area contributed by atoms with Gasteiger partial charge in [-0.3, -0.25) is 19.7 Å². The number of esters is 2. The van der Waals surface area contributed by atoms with Crippen molar-refractivity contribution in [3.05, 3.63) is 63.2 Å². The molecule has 11 nitrogen and oxygen atoms in total. The molecule has 0 aliphatic heterocycles. The molecule has 1 aromatic carbocycles. The first-order valence-electron chi connectivity index (χ1n) is 18.3. The number of allylic oxidation sites excluding steroid dienone is 1. The van der Waals surface area contributed by atoms with Gasteiger partial charge in [0, 0.05) is 35.8 Å². The second-order valence-electron chi connectivity index (χ2n) is 15.6. The van der Waals surface area contributed by atoms with Crippen molar-refractivity contribution in [3.63, 3.8) is 0 Å². The fourth-order valence-electron chi connectivity index (χ4n) is 9.62. The van der Waals surface area contributed by atoms with Crippen molar-refractivity contribution >= 4 is 23.4 Å². The number of aliphatic hydroxyl groups is 3. The van der Waals surface area contributed by atoms with Gasteiger partial charge in [0.05, 0.1) is 22.5 Å². The molecule has 0 saturated heterocycles. The van der Waals surface area contributed by atoms with Crippen LogP contribution in [0.1, 0.15) is 116 Å². The van der Waals surface area contributed by atoms with Gasteiger partial charge in [0.15, 0.2) is 17.5 Å². The molecule has 4 aliphatic carbocycles. The zero-order chi connectivity index (χ0) is 36.6. The van der Waals surface area contributed by atoms with Crippen LogP contribution in [0.4, 0.5) is 5.69 Å². The van der Waals surface area contributed by atoms with E-state index in [4.69, 9.17) is 9.47 Å². The zero-order valence-electron chi connectivity index (χ0n) is 30.0. The molecule has 1 aromatic rings. The van der Waals surface area contributed by atoms with E-state index in [2.05, 4.69) is 6.92 Å². The number of aliphatic hydroxyl groups excluding tert-OH is 2. The molecule has 5 rings (SSSR count). The topological polar surface area (TPSA) is 174 Å². The Bertz CT molecular complexity index is 1550. The van der Waals surface area contributed by atoms with Crippen molar-refractivity contribution in [2.75, 3.05) is 6.61 Å². The lowest BCUT2D eigenvalue weighted by molar-refractivity contribution is -0.384. The maximum atomic E-state index is 14.9. The van der Waals surface area contributed by atoms with E-state index in [0.29, 0.717) is 12.0 Å². The smallest absolute Gasteiger partial charge is 0.338 e. The minimum absolute atomic E-state index is 0.0129. The predicted octanol–water partition coefficient (Wildman–Crippen LogP) is 6.17. The maximum absolute atomic E-state index is 14.9. The van der Waals surface area contributed by atoms with Crippen molar-refractivity contribution < 1.29 is 44.1 Å². The summed E-state index contributed by atoms with van der Waals surface area (Å²) in [4.78, 5) is 52.3. The van der Waals surface area contributed by atoms with Crippen LogP contribution in [0.25, 0.3) is 0 Å². The van der Waals surface area contributed by atoms with Gasteiger partial charge in [0.2, 0.25) is 0 Å². The SMILES string of the molecule is CCCCCCCCCCCC(=O)O[C@@]12C[C@@H](C)[C@]34C=C(C)[C@H](OC(=O)c5ccc([N+](=O)[O-])cc5)[C@@]3(O)[C@H](O)C(CO)=C[C@H](C4=O)[C@@H]1C2(C)C. The first-order chi connectivity index (χ1) is 23.6. The Labute approximate surface area is 294 Å². The molecule has 1 spiro atoms. The number of non-ortho nitro benzene ring substituents is 1. The first-order valence-corrected chi connectivity index (χ1v) is 18.3. The molecule has 0 unspecified atom stereocenters. The normalized spacial score (nSPS) is 33.6. The highest BCUT2D eigenvalue weighted by Crippen LogP contribution is 2.75. The average molecular weight is 696 g/mol. The summed E-state index contributed by atoms with van der Waals surface area (Å²) in [5.41, 5.74) is -5.69. The second-order valence-corrected chi connectivity index (χ2v) is 15.6. The maximum Gasteiger partial charge on any atom is 0.338 e. The number of nitro benzene ring substituents is 1. The summed E-state index contributed by atoms with van der Waals surface area (Å²) < 4.78 is 12.2. The van der Waals surface area contributed by atoms with Crippen LogP contribution >= 0.6 is 0 Å². The summed E-state index contributed by atoms with van der Waals surface area (Å²) in [6, 6.07) is 4.77. The molecule has 0 amide bonds. The number of ether oxygens (including phenoxy) is 2. The van der Waals surface area contributed by atoms with E-state index < -0.39 is 75.3 Å². The van der Waals surface area contributed by atoms with E-state index in [-0.39, 0.29) is 35.6 Å². The number of benzene rings is 1. The van der Waals surface area contributed by atoms with Crippen LogP contribution in [0.15, 0.2) is 47.6 Å². The van der Waals surface area contributed by atoms with Crippen molar-refractivity contribution in [1.29, 1.82) is 0 Å². The van der Waals surface area contributed by atoms with Gasteiger partial charge in [-0.2, -0.15) is 0 Å². The highest BCUT2D eigenvalue weighted by atomic mass is 16.6. The number of rotatable bonds is 15. The average Bonchev–Trinajstić information content (AvgIpc) is 3.47. The number of hydrogen-bond acceptors (Lipinski definition) is 10. The number of carbonyl (C=O) groups excluding carboxylic acids is 3. The number of nitro groups is 1.